The summed E-state index contributed by atoms with van der Waals surface area (Å²) in [6, 6.07) is 4.58. The molecule has 18 heavy (non-hydrogen) atoms. The zero-order valence-corrected chi connectivity index (χ0v) is 12.2. The first-order chi connectivity index (χ1) is 8.49. The molecule has 0 atom stereocenters. The zero-order chi connectivity index (χ0) is 13.3. The fraction of sp³-hybridized carbons (Fsp3) is 0.500. The molecule has 0 spiro atoms. The summed E-state index contributed by atoms with van der Waals surface area (Å²) in [5.74, 6) is 1.07. The topological polar surface area (TPSA) is 29.9 Å². The van der Waals surface area contributed by atoms with Crippen molar-refractivity contribution in [1.29, 1.82) is 0 Å². The van der Waals surface area contributed by atoms with Crippen LogP contribution in [-0.4, -0.2) is 22.1 Å². The number of halogens is 1. The minimum Gasteiger partial charge on any atom is -0.330 e. The smallest absolute Gasteiger partial charge is 0.110 e. The summed E-state index contributed by atoms with van der Waals surface area (Å²) in [7, 11) is 2.03. The van der Waals surface area contributed by atoms with Crippen molar-refractivity contribution in [3.8, 4) is 0 Å². The highest BCUT2D eigenvalue weighted by Crippen LogP contribution is 2.25. The number of aryl methyl sites for hydroxylation is 2. The molecule has 0 fully saturated rings. The molecule has 98 valence electrons. The van der Waals surface area contributed by atoms with Gasteiger partial charge in [-0.3, -0.25) is 0 Å². The van der Waals surface area contributed by atoms with Gasteiger partial charge in [0.2, 0.25) is 0 Å². The third-order valence-electron chi connectivity index (χ3n) is 3.06. The van der Waals surface area contributed by atoms with Crippen molar-refractivity contribution in [2.45, 2.75) is 33.2 Å². The van der Waals surface area contributed by atoms with Crippen LogP contribution in [0.3, 0.4) is 0 Å². The van der Waals surface area contributed by atoms with Gasteiger partial charge in [-0.25, -0.2) is 4.98 Å². The average Bonchev–Trinajstić information content (AvgIpc) is 2.55. The predicted octanol–water partition coefficient (Wildman–Crippen LogP) is 3.08. The van der Waals surface area contributed by atoms with E-state index in [1.807, 2.05) is 20.0 Å². The van der Waals surface area contributed by atoms with Gasteiger partial charge in [0.25, 0.3) is 0 Å². The average molecular weight is 266 g/mol. The molecule has 0 radical (unpaired) electrons. The number of hydrogen-bond donors (Lipinski definition) is 1. The van der Waals surface area contributed by atoms with Gasteiger partial charge in [-0.2, -0.15) is 0 Å². The first-order valence-corrected chi connectivity index (χ1v) is 6.71. The van der Waals surface area contributed by atoms with E-state index in [0.717, 1.165) is 40.4 Å². The lowest BCUT2D eigenvalue weighted by Gasteiger charge is -2.07. The minimum atomic E-state index is 0.505. The summed E-state index contributed by atoms with van der Waals surface area (Å²) in [5, 5.41) is 4.19. The quantitative estimate of drug-likeness (QED) is 0.921. The van der Waals surface area contributed by atoms with Crippen LogP contribution in [0.4, 0.5) is 0 Å². The van der Waals surface area contributed by atoms with Gasteiger partial charge in [0.15, 0.2) is 0 Å². The molecule has 2 rings (SSSR count). The third-order valence-corrected chi connectivity index (χ3v) is 3.35. The molecular weight excluding hydrogens is 246 g/mol. The van der Waals surface area contributed by atoms with E-state index in [2.05, 4.69) is 34.8 Å². The Bertz CT molecular complexity index is 558. The van der Waals surface area contributed by atoms with E-state index in [9.17, 15) is 0 Å². The molecule has 0 bridgehead atoms. The fourth-order valence-electron chi connectivity index (χ4n) is 2.17. The second-order valence-corrected chi connectivity index (χ2v) is 5.47. The normalized spacial score (nSPS) is 11.7. The first kappa shape index (κ1) is 13.4. The molecule has 0 unspecified atom stereocenters. The van der Waals surface area contributed by atoms with Crippen LogP contribution in [0.1, 0.15) is 25.2 Å². The monoisotopic (exact) mass is 265 g/mol. The molecule has 1 aromatic heterocycles. The number of fused-ring (bicyclic) bond motifs is 1. The number of hydrogen-bond acceptors (Lipinski definition) is 2. The van der Waals surface area contributed by atoms with Crippen molar-refractivity contribution >= 4 is 22.6 Å². The van der Waals surface area contributed by atoms with Crippen molar-refractivity contribution in [3.05, 3.63) is 28.5 Å². The van der Waals surface area contributed by atoms with Crippen molar-refractivity contribution in [2.24, 2.45) is 7.05 Å². The van der Waals surface area contributed by atoms with E-state index in [-0.39, 0.29) is 0 Å². The Morgan fingerprint density at radius 1 is 1.39 bits per heavy atom. The van der Waals surface area contributed by atoms with Crippen LogP contribution in [-0.2, 0) is 13.5 Å². The number of imidazole rings is 1. The molecule has 1 heterocycles. The van der Waals surface area contributed by atoms with E-state index in [0.29, 0.717) is 6.04 Å². The first-order valence-electron chi connectivity index (χ1n) is 6.34. The summed E-state index contributed by atoms with van der Waals surface area (Å²) in [4.78, 5) is 4.67. The van der Waals surface area contributed by atoms with Crippen LogP contribution in [0.5, 0.6) is 0 Å². The van der Waals surface area contributed by atoms with Gasteiger partial charge < -0.3 is 9.88 Å². The number of rotatable bonds is 4. The number of nitrogens with one attached hydrogen (secondary N) is 1. The molecule has 0 aliphatic rings. The lowest BCUT2D eigenvalue weighted by Crippen LogP contribution is -2.25. The SMILES string of the molecule is Cc1cc(Cl)c2c(c1)nc(CCNC(C)C)n2C. The van der Waals surface area contributed by atoms with Gasteiger partial charge in [0, 0.05) is 26.1 Å². The van der Waals surface area contributed by atoms with Gasteiger partial charge in [0.1, 0.15) is 5.82 Å². The molecule has 0 aliphatic carbocycles. The Morgan fingerprint density at radius 3 is 2.78 bits per heavy atom. The van der Waals surface area contributed by atoms with Crippen molar-refractivity contribution < 1.29 is 0 Å². The van der Waals surface area contributed by atoms with E-state index in [1.165, 1.54) is 0 Å². The minimum absolute atomic E-state index is 0.505. The van der Waals surface area contributed by atoms with Crippen LogP contribution >= 0.6 is 11.6 Å². The molecule has 0 aliphatic heterocycles. The molecule has 3 nitrogen and oxygen atoms in total. The Hall–Kier alpha value is -1.06. The Kier molecular flexibility index (Phi) is 3.93. The third kappa shape index (κ3) is 2.68. The zero-order valence-electron chi connectivity index (χ0n) is 11.4. The van der Waals surface area contributed by atoms with Crippen LogP contribution < -0.4 is 5.32 Å². The molecule has 1 N–H and O–H groups in total. The van der Waals surface area contributed by atoms with E-state index < -0.39 is 0 Å². The van der Waals surface area contributed by atoms with Gasteiger partial charge >= 0.3 is 0 Å². The maximum atomic E-state index is 6.29. The molecule has 0 saturated carbocycles. The summed E-state index contributed by atoms with van der Waals surface area (Å²) in [5.41, 5.74) is 3.17. The van der Waals surface area contributed by atoms with Crippen LogP contribution in [0, 0.1) is 6.92 Å². The van der Waals surface area contributed by atoms with Crippen LogP contribution in [0.25, 0.3) is 11.0 Å². The second kappa shape index (κ2) is 5.29. The largest absolute Gasteiger partial charge is 0.330 e. The molecular formula is C14H20ClN3. The maximum absolute atomic E-state index is 6.29. The molecule has 1 aromatic carbocycles. The highest BCUT2D eigenvalue weighted by molar-refractivity contribution is 6.35. The highest BCUT2D eigenvalue weighted by atomic mass is 35.5. The van der Waals surface area contributed by atoms with Gasteiger partial charge in [-0.05, 0) is 24.6 Å². The van der Waals surface area contributed by atoms with Crippen molar-refractivity contribution in [1.82, 2.24) is 14.9 Å². The predicted molar refractivity (Wildman–Crippen MR) is 77.3 cm³/mol. The summed E-state index contributed by atoms with van der Waals surface area (Å²) in [6.45, 7) is 7.27. The van der Waals surface area contributed by atoms with E-state index in [1.54, 1.807) is 0 Å². The molecule has 0 amide bonds. The van der Waals surface area contributed by atoms with Crippen molar-refractivity contribution in [3.63, 3.8) is 0 Å². The van der Waals surface area contributed by atoms with Crippen LogP contribution in [0.15, 0.2) is 12.1 Å². The Labute approximate surface area is 113 Å². The Morgan fingerprint density at radius 2 is 2.11 bits per heavy atom. The fourth-order valence-corrected chi connectivity index (χ4v) is 2.57. The molecule has 2 aromatic rings. The van der Waals surface area contributed by atoms with Crippen LogP contribution in [0.2, 0.25) is 5.02 Å². The summed E-state index contributed by atoms with van der Waals surface area (Å²) < 4.78 is 2.10. The number of nitrogens with zero attached hydrogens (tertiary/aromatic N) is 2. The summed E-state index contributed by atoms with van der Waals surface area (Å²) >= 11 is 6.29. The maximum Gasteiger partial charge on any atom is 0.110 e. The second-order valence-electron chi connectivity index (χ2n) is 5.06. The highest BCUT2D eigenvalue weighted by Gasteiger charge is 2.11. The number of aromatic nitrogens is 2. The van der Waals surface area contributed by atoms with Crippen molar-refractivity contribution in [2.75, 3.05) is 6.54 Å². The molecule has 4 heteroatoms. The number of benzene rings is 1. The summed E-state index contributed by atoms with van der Waals surface area (Å²) in [6.07, 6.45) is 0.915. The van der Waals surface area contributed by atoms with Gasteiger partial charge in [-0.1, -0.05) is 25.4 Å². The Balaban J connectivity index is 2.30. The standard InChI is InChI=1S/C14H20ClN3/c1-9(2)16-6-5-13-17-12-8-10(3)7-11(15)14(12)18(13)4/h7-9,16H,5-6H2,1-4H3. The van der Waals surface area contributed by atoms with Gasteiger partial charge in [0.05, 0.1) is 16.1 Å². The van der Waals surface area contributed by atoms with E-state index >= 15 is 0 Å². The molecule has 0 saturated heterocycles. The van der Waals surface area contributed by atoms with E-state index in [4.69, 9.17) is 11.6 Å². The lowest BCUT2D eigenvalue weighted by molar-refractivity contribution is 0.578. The van der Waals surface area contributed by atoms with Gasteiger partial charge in [-0.15, -0.1) is 0 Å². The lowest BCUT2D eigenvalue weighted by atomic mass is 10.2.